The lowest BCUT2D eigenvalue weighted by molar-refractivity contribution is 0.0681. The van der Waals surface area contributed by atoms with E-state index in [1.54, 1.807) is 6.92 Å². The summed E-state index contributed by atoms with van der Waals surface area (Å²) in [6, 6.07) is 0.273. The molecule has 1 amide bonds. The zero-order valence-corrected chi connectivity index (χ0v) is 12.2. The minimum Gasteiger partial charge on any atom is -0.361 e. The van der Waals surface area contributed by atoms with Crippen molar-refractivity contribution in [2.75, 3.05) is 11.9 Å². The van der Waals surface area contributed by atoms with Gasteiger partial charge in [-0.15, -0.1) is 0 Å². The van der Waals surface area contributed by atoms with E-state index in [9.17, 15) is 4.79 Å². The molecule has 17 heavy (non-hydrogen) atoms. The molecular formula is C12H19BrN2O2. The molecule has 0 aliphatic heterocycles. The van der Waals surface area contributed by atoms with Crippen LogP contribution in [0, 0.1) is 6.92 Å². The molecule has 4 nitrogen and oxygen atoms in total. The van der Waals surface area contributed by atoms with Crippen molar-refractivity contribution < 1.29 is 9.32 Å². The average molecular weight is 303 g/mol. The molecule has 0 spiro atoms. The number of aryl methyl sites for hydroxylation is 1. The summed E-state index contributed by atoms with van der Waals surface area (Å²) in [7, 11) is 0. The highest BCUT2D eigenvalue weighted by Crippen LogP contribution is 2.16. The molecule has 1 aromatic rings. The molecule has 0 atom stereocenters. The van der Waals surface area contributed by atoms with Crippen molar-refractivity contribution in [3.63, 3.8) is 0 Å². The van der Waals surface area contributed by atoms with Crippen molar-refractivity contribution in [2.45, 2.75) is 39.7 Å². The van der Waals surface area contributed by atoms with Crippen molar-refractivity contribution in [1.82, 2.24) is 10.1 Å². The van der Waals surface area contributed by atoms with Gasteiger partial charge in [-0.2, -0.15) is 0 Å². The second kappa shape index (κ2) is 6.79. The molecule has 0 saturated heterocycles. The quantitative estimate of drug-likeness (QED) is 0.759. The van der Waals surface area contributed by atoms with E-state index in [1.807, 2.05) is 4.90 Å². The van der Waals surface area contributed by atoms with Crippen molar-refractivity contribution in [3.8, 4) is 0 Å². The van der Waals surface area contributed by atoms with E-state index in [0.717, 1.165) is 18.2 Å². The summed E-state index contributed by atoms with van der Waals surface area (Å²) in [5.74, 6) is 0.595. The first-order valence-electron chi connectivity index (χ1n) is 5.93. The molecule has 0 radical (unpaired) electrons. The molecule has 0 N–H and O–H groups in total. The number of aromatic nitrogens is 1. The van der Waals surface area contributed by atoms with Gasteiger partial charge in [-0.05, 0) is 19.8 Å². The van der Waals surface area contributed by atoms with Crippen molar-refractivity contribution in [2.24, 2.45) is 0 Å². The van der Waals surface area contributed by atoms with Gasteiger partial charge in [0, 0.05) is 17.9 Å². The normalized spacial score (nSPS) is 10.9. The van der Waals surface area contributed by atoms with Gasteiger partial charge in [0.2, 0.25) is 0 Å². The maximum Gasteiger partial charge on any atom is 0.259 e. The highest BCUT2D eigenvalue weighted by Gasteiger charge is 2.24. The Bertz CT molecular complexity index is 361. The van der Waals surface area contributed by atoms with Gasteiger partial charge in [-0.1, -0.05) is 34.9 Å². The topological polar surface area (TPSA) is 46.3 Å². The van der Waals surface area contributed by atoms with E-state index in [1.165, 1.54) is 6.20 Å². The monoisotopic (exact) mass is 302 g/mol. The fraction of sp³-hybridized carbons (Fsp3) is 0.667. The van der Waals surface area contributed by atoms with Gasteiger partial charge in [0.1, 0.15) is 11.3 Å². The number of nitrogens with zero attached hydrogens (tertiary/aromatic N) is 2. The summed E-state index contributed by atoms with van der Waals surface area (Å²) in [6.45, 7) is 6.67. The van der Waals surface area contributed by atoms with Crippen LogP contribution in [0.1, 0.15) is 42.8 Å². The Morgan fingerprint density at radius 1 is 1.53 bits per heavy atom. The fourth-order valence-electron chi connectivity index (χ4n) is 1.93. The molecule has 1 heterocycles. The van der Waals surface area contributed by atoms with Gasteiger partial charge >= 0.3 is 0 Å². The van der Waals surface area contributed by atoms with E-state index in [-0.39, 0.29) is 11.9 Å². The zero-order chi connectivity index (χ0) is 12.8. The number of hydrogen-bond acceptors (Lipinski definition) is 3. The summed E-state index contributed by atoms with van der Waals surface area (Å²) in [4.78, 5) is 14.3. The van der Waals surface area contributed by atoms with Crippen LogP contribution in [0.5, 0.6) is 0 Å². The first-order chi connectivity index (χ1) is 8.15. The summed E-state index contributed by atoms with van der Waals surface area (Å²) in [5, 5.41) is 4.44. The average Bonchev–Trinajstić information content (AvgIpc) is 2.75. The van der Waals surface area contributed by atoms with Gasteiger partial charge in [0.05, 0.1) is 6.20 Å². The predicted molar refractivity (Wildman–Crippen MR) is 70.4 cm³/mol. The van der Waals surface area contributed by atoms with E-state index >= 15 is 0 Å². The van der Waals surface area contributed by atoms with E-state index in [0.29, 0.717) is 17.9 Å². The summed E-state index contributed by atoms with van der Waals surface area (Å²) >= 11 is 3.39. The van der Waals surface area contributed by atoms with E-state index in [4.69, 9.17) is 4.52 Å². The van der Waals surface area contributed by atoms with Crippen molar-refractivity contribution >= 4 is 21.8 Å². The van der Waals surface area contributed by atoms with Gasteiger partial charge in [0.25, 0.3) is 5.91 Å². The lowest BCUT2D eigenvalue weighted by Crippen LogP contribution is -2.41. The molecule has 96 valence electrons. The van der Waals surface area contributed by atoms with Crippen molar-refractivity contribution in [3.05, 3.63) is 17.5 Å². The van der Waals surface area contributed by atoms with Crippen LogP contribution in [0.4, 0.5) is 0 Å². The van der Waals surface area contributed by atoms with E-state index in [2.05, 4.69) is 34.9 Å². The Kier molecular flexibility index (Phi) is 5.68. The summed E-state index contributed by atoms with van der Waals surface area (Å²) < 4.78 is 4.95. The van der Waals surface area contributed by atoms with Gasteiger partial charge in [-0.3, -0.25) is 4.79 Å². The van der Waals surface area contributed by atoms with Gasteiger partial charge < -0.3 is 9.42 Å². The number of alkyl halides is 1. The van der Waals surface area contributed by atoms with Crippen LogP contribution in [0.3, 0.4) is 0 Å². The van der Waals surface area contributed by atoms with Gasteiger partial charge in [0.15, 0.2) is 0 Å². The predicted octanol–water partition coefficient (Wildman–Crippen LogP) is 3.01. The smallest absolute Gasteiger partial charge is 0.259 e. The Hall–Kier alpha value is -0.840. The molecule has 0 aromatic carbocycles. The molecule has 5 heteroatoms. The lowest BCUT2D eigenvalue weighted by atomic mass is 10.1. The fourth-order valence-corrected chi connectivity index (χ4v) is 2.31. The maximum absolute atomic E-state index is 12.4. The summed E-state index contributed by atoms with van der Waals surface area (Å²) in [5.41, 5.74) is 0.567. The first-order valence-corrected chi connectivity index (χ1v) is 7.06. The Morgan fingerprint density at radius 2 is 2.18 bits per heavy atom. The number of rotatable bonds is 6. The second-order valence-electron chi connectivity index (χ2n) is 3.95. The van der Waals surface area contributed by atoms with Crippen LogP contribution in [0.25, 0.3) is 0 Å². The molecule has 1 rings (SSSR count). The third-order valence-electron chi connectivity index (χ3n) is 2.95. The third-order valence-corrected chi connectivity index (χ3v) is 3.31. The molecule has 0 aliphatic carbocycles. The highest BCUT2D eigenvalue weighted by molar-refractivity contribution is 9.09. The minimum absolute atomic E-state index is 0.0110. The highest BCUT2D eigenvalue weighted by atomic mass is 79.9. The minimum atomic E-state index is 0.0110. The van der Waals surface area contributed by atoms with Crippen LogP contribution < -0.4 is 0 Å². The van der Waals surface area contributed by atoms with Crippen LogP contribution >= 0.6 is 15.9 Å². The zero-order valence-electron chi connectivity index (χ0n) is 10.6. The Balaban J connectivity index is 2.91. The number of carbonyl (C=O) groups excluding carboxylic acids is 1. The number of amides is 1. The number of carbonyl (C=O) groups is 1. The number of hydrogen-bond donors (Lipinski definition) is 0. The SMILES string of the molecule is CCC(CC)N(CCBr)C(=O)c1cnoc1C. The molecule has 0 saturated carbocycles. The van der Waals surface area contributed by atoms with Crippen LogP contribution in [0.2, 0.25) is 0 Å². The lowest BCUT2D eigenvalue weighted by Gasteiger charge is -2.29. The Morgan fingerprint density at radius 3 is 2.59 bits per heavy atom. The maximum atomic E-state index is 12.4. The molecule has 0 fully saturated rings. The third kappa shape index (κ3) is 3.31. The number of halogens is 1. The largest absolute Gasteiger partial charge is 0.361 e. The molecule has 1 aromatic heterocycles. The summed E-state index contributed by atoms with van der Waals surface area (Å²) in [6.07, 6.45) is 3.42. The van der Waals surface area contributed by atoms with Crippen LogP contribution in [0.15, 0.2) is 10.7 Å². The molecule has 0 unspecified atom stereocenters. The standard InChI is InChI=1S/C12H19BrN2O2/c1-4-10(5-2)15(7-6-13)12(16)11-8-14-17-9(11)3/h8,10H,4-7H2,1-3H3. The molecular weight excluding hydrogens is 284 g/mol. The van der Waals surface area contributed by atoms with Crippen LogP contribution in [-0.4, -0.2) is 33.9 Å². The molecule has 0 bridgehead atoms. The Labute approximate surface area is 110 Å². The van der Waals surface area contributed by atoms with Crippen molar-refractivity contribution in [1.29, 1.82) is 0 Å². The first kappa shape index (κ1) is 14.2. The van der Waals surface area contributed by atoms with Crippen LogP contribution in [-0.2, 0) is 0 Å². The van der Waals surface area contributed by atoms with E-state index < -0.39 is 0 Å². The second-order valence-corrected chi connectivity index (χ2v) is 4.75. The molecule has 0 aliphatic rings. The van der Waals surface area contributed by atoms with Gasteiger partial charge in [-0.25, -0.2) is 0 Å².